The van der Waals surface area contributed by atoms with Gasteiger partial charge in [0.25, 0.3) is 0 Å². The molecule has 2 heterocycles. The second-order valence-electron chi connectivity index (χ2n) is 9.81. The van der Waals surface area contributed by atoms with Crippen LogP contribution < -0.4 is 20.5 Å². The Kier molecular flexibility index (Phi) is 10.3. The number of rotatable bonds is 11. The van der Waals surface area contributed by atoms with Crippen molar-refractivity contribution in [3.05, 3.63) is 71.1 Å². The van der Waals surface area contributed by atoms with Crippen LogP contribution in [0, 0.1) is 5.41 Å². The normalized spacial score (nSPS) is 14.5. The van der Waals surface area contributed by atoms with E-state index in [4.69, 9.17) is 10.5 Å². The molecule has 2 amide bonds. The highest BCUT2D eigenvalue weighted by atomic mass is 32.2. The molecule has 0 aliphatic carbocycles. The number of nitrogens with one attached hydrogen (secondary N) is 4. The van der Waals surface area contributed by atoms with E-state index in [2.05, 4.69) is 27.2 Å². The highest BCUT2D eigenvalue weighted by molar-refractivity contribution is 7.91. The summed E-state index contributed by atoms with van der Waals surface area (Å²) in [6.45, 7) is 6.60. The van der Waals surface area contributed by atoms with Crippen molar-refractivity contribution in [1.29, 1.82) is 5.41 Å². The number of hydrogen-bond donors (Lipinski definition) is 5. The molecule has 1 saturated heterocycles. The molecule has 226 valence electrons. The fourth-order valence-corrected chi connectivity index (χ4v) is 7.19. The second kappa shape index (κ2) is 13.8. The quantitative estimate of drug-likeness (QED) is 0.159. The third-order valence-electron chi connectivity index (χ3n) is 6.69. The topological polar surface area (TPSA) is 178 Å². The lowest BCUT2D eigenvalue weighted by Crippen LogP contribution is -2.48. The fourth-order valence-electron chi connectivity index (χ4n) is 4.37. The fraction of sp³-hybridized carbons (Fsp3) is 0.333. The number of hydrogen-bond acceptors (Lipinski definition) is 8. The number of amidine groups is 1. The summed E-state index contributed by atoms with van der Waals surface area (Å²) in [7, 11) is -7.74. The van der Waals surface area contributed by atoms with Gasteiger partial charge in [0.15, 0.2) is 0 Å². The molecule has 0 unspecified atom stereocenters. The Morgan fingerprint density at radius 1 is 0.952 bits per heavy atom. The number of benzene rings is 2. The number of sulfonamides is 2. The van der Waals surface area contributed by atoms with Crippen molar-refractivity contribution >= 4 is 54.6 Å². The van der Waals surface area contributed by atoms with E-state index in [0.29, 0.717) is 27.7 Å². The molecule has 12 nitrogen and oxygen atoms in total. The first kappa shape index (κ1) is 31.6. The minimum Gasteiger partial charge on any atom is -0.354 e. The highest BCUT2D eigenvalue weighted by Gasteiger charge is 2.20. The van der Waals surface area contributed by atoms with Crippen LogP contribution in [0.5, 0.6) is 0 Å². The average molecular weight is 634 g/mol. The molecule has 1 aliphatic rings. The molecule has 1 aromatic heterocycles. The zero-order chi connectivity index (χ0) is 30.3. The molecule has 0 atom stereocenters. The molecule has 0 bridgehead atoms. The predicted octanol–water partition coefficient (Wildman–Crippen LogP) is 3.26. The van der Waals surface area contributed by atoms with Crippen molar-refractivity contribution in [2.75, 3.05) is 43.4 Å². The van der Waals surface area contributed by atoms with Crippen molar-refractivity contribution < 1.29 is 21.6 Å². The number of nitrogens with zero attached hydrogens (tertiary/aromatic N) is 2. The third kappa shape index (κ3) is 8.59. The first-order valence-corrected chi connectivity index (χ1v) is 17.2. The number of primary sulfonamides is 1. The van der Waals surface area contributed by atoms with E-state index in [9.17, 15) is 21.6 Å². The second-order valence-corrected chi connectivity index (χ2v) is 14.5. The molecule has 1 fully saturated rings. The number of unbranched alkanes of at least 4 members (excludes halogenated alkanes) is 1. The SMILES string of the molecule is CCCCN1CCN(C(=N)c2cccc(NC(=O)Nc3ccc(S(=O)(=O)NCc4ccc(S(N)(=O)=O)s4)cc3)c2)CC1. The molecule has 0 radical (unpaired) electrons. The number of carbonyl (C=O) groups is 1. The summed E-state index contributed by atoms with van der Waals surface area (Å²) >= 11 is 0.887. The van der Waals surface area contributed by atoms with Crippen molar-refractivity contribution in [3.8, 4) is 0 Å². The number of piperazine rings is 1. The van der Waals surface area contributed by atoms with E-state index in [1.807, 2.05) is 11.0 Å². The van der Waals surface area contributed by atoms with Gasteiger partial charge in [0.1, 0.15) is 10.0 Å². The molecule has 6 N–H and O–H groups in total. The third-order valence-corrected chi connectivity index (χ3v) is 10.6. The van der Waals surface area contributed by atoms with Crippen LogP contribution in [0.15, 0.2) is 69.8 Å². The van der Waals surface area contributed by atoms with Crippen molar-refractivity contribution in [3.63, 3.8) is 0 Å². The van der Waals surface area contributed by atoms with Gasteiger partial charge in [0.05, 0.1) is 4.90 Å². The lowest BCUT2D eigenvalue weighted by molar-refractivity contribution is 0.180. The van der Waals surface area contributed by atoms with Gasteiger partial charge in [-0.05, 0) is 61.5 Å². The van der Waals surface area contributed by atoms with Gasteiger partial charge < -0.3 is 15.5 Å². The van der Waals surface area contributed by atoms with E-state index in [1.54, 1.807) is 18.2 Å². The molecular formula is C27H35N7O5S3. The van der Waals surface area contributed by atoms with Gasteiger partial charge in [-0.25, -0.2) is 31.5 Å². The summed E-state index contributed by atoms with van der Waals surface area (Å²) in [5, 5.41) is 19.2. The van der Waals surface area contributed by atoms with Crippen LogP contribution in [0.2, 0.25) is 0 Å². The Labute approximate surface area is 250 Å². The zero-order valence-corrected chi connectivity index (χ0v) is 25.6. The van der Waals surface area contributed by atoms with Crippen LogP contribution in [0.4, 0.5) is 16.2 Å². The molecule has 2 aromatic carbocycles. The summed E-state index contributed by atoms with van der Waals surface area (Å²) < 4.78 is 50.6. The van der Waals surface area contributed by atoms with Gasteiger partial charge in [-0.3, -0.25) is 10.3 Å². The van der Waals surface area contributed by atoms with Crippen molar-refractivity contribution in [1.82, 2.24) is 14.5 Å². The summed E-state index contributed by atoms with van der Waals surface area (Å²) in [4.78, 5) is 17.6. The lowest BCUT2D eigenvalue weighted by atomic mass is 10.1. The molecule has 0 spiro atoms. The molecule has 3 aromatic rings. The van der Waals surface area contributed by atoms with Crippen LogP contribution in [0.1, 0.15) is 30.2 Å². The minimum atomic E-state index is -3.89. The van der Waals surface area contributed by atoms with E-state index in [-0.39, 0.29) is 15.6 Å². The minimum absolute atomic E-state index is 0.0194. The molecule has 0 saturated carbocycles. The van der Waals surface area contributed by atoms with E-state index in [0.717, 1.165) is 44.1 Å². The largest absolute Gasteiger partial charge is 0.354 e. The van der Waals surface area contributed by atoms with E-state index >= 15 is 0 Å². The van der Waals surface area contributed by atoms with Crippen LogP contribution in [0.3, 0.4) is 0 Å². The van der Waals surface area contributed by atoms with Gasteiger partial charge in [-0.2, -0.15) is 0 Å². The number of carbonyl (C=O) groups excluding carboxylic acids is 1. The smallest absolute Gasteiger partial charge is 0.323 e. The Bertz CT molecular complexity index is 1620. The standard InChI is InChI=1S/C27H35N7O5S3/c1-2-3-13-33-14-16-34(17-15-33)26(28)20-5-4-6-22(18-20)32-27(35)31-21-7-10-24(11-8-21)42(38,39)30-19-23-9-12-25(40-23)41(29,36)37/h4-12,18,28,30H,2-3,13-17,19H2,1H3,(H2,29,36,37)(H2,31,32,35). The van der Waals surface area contributed by atoms with Gasteiger partial charge in [-0.15, -0.1) is 11.3 Å². The number of nitrogens with two attached hydrogens (primary N) is 1. The Morgan fingerprint density at radius 3 is 2.29 bits per heavy atom. The lowest BCUT2D eigenvalue weighted by Gasteiger charge is -2.36. The average Bonchev–Trinajstić information content (AvgIpc) is 3.46. The Hall–Kier alpha value is -3.34. The first-order valence-electron chi connectivity index (χ1n) is 13.4. The van der Waals surface area contributed by atoms with Gasteiger partial charge in [0.2, 0.25) is 20.0 Å². The monoisotopic (exact) mass is 633 g/mol. The predicted molar refractivity (Wildman–Crippen MR) is 165 cm³/mol. The van der Waals surface area contributed by atoms with Crippen LogP contribution in [-0.4, -0.2) is 71.2 Å². The maximum atomic E-state index is 12.7. The number of amides is 2. The molecule has 4 rings (SSSR count). The van der Waals surface area contributed by atoms with Gasteiger partial charge in [0, 0.05) is 54.5 Å². The Morgan fingerprint density at radius 2 is 1.64 bits per heavy atom. The molecular weight excluding hydrogens is 599 g/mol. The van der Waals surface area contributed by atoms with Crippen LogP contribution >= 0.6 is 11.3 Å². The van der Waals surface area contributed by atoms with Crippen LogP contribution in [0.25, 0.3) is 0 Å². The maximum Gasteiger partial charge on any atom is 0.323 e. The number of anilines is 2. The summed E-state index contributed by atoms with van der Waals surface area (Å²) in [6.07, 6.45) is 2.34. The van der Waals surface area contributed by atoms with Crippen molar-refractivity contribution in [2.45, 2.75) is 35.4 Å². The van der Waals surface area contributed by atoms with Gasteiger partial charge in [-0.1, -0.05) is 25.5 Å². The number of thiophene rings is 1. The molecule has 1 aliphatic heterocycles. The highest BCUT2D eigenvalue weighted by Crippen LogP contribution is 2.21. The van der Waals surface area contributed by atoms with E-state index < -0.39 is 26.1 Å². The number of urea groups is 1. The summed E-state index contributed by atoms with van der Waals surface area (Å²) in [6, 6.07) is 15.1. The first-order chi connectivity index (χ1) is 19.9. The molecule has 42 heavy (non-hydrogen) atoms. The molecule has 15 heteroatoms. The van der Waals surface area contributed by atoms with Crippen molar-refractivity contribution in [2.24, 2.45) is 5.14 Å². The summed E-state index contributed by atoms with van der Waals surface area (Å²) in [5.41, 5.74) is 1.62. The Balaban J connectivity index is 1.29. The van der Waals surface area contributed by atoms with Crippen LogP contribution in [-0.2, 0) is 26.6 Å². The zero-order valence-electron chi connectivity index (χ0n) is 23.2. The van der Waals surface area contributed by atoms with Gasteiger partial charge >= 0.3 is 6.03 Å². The summed E-state index contributed by atoms with van der Waals surface area (Å²) in [5.74, 6) is 0.420. The van der Waals surface area contributed by atoms with E-state index in [1.165, 1.54) is 49.2 Å². The maximum absolute atomic E-state index is 12.7.